The smallest absolute Gasteiger partial charge is 0.410 e. The van der Waals surface area contributed by atoms with Crippen LogP contribution in [0.15, 0.2) is 21.6 Å². The highest BCUT2D eigenvalue weighted by Gasteiger charge is 2.30. The first-order valence-electron chi connectivity index (χ1n) is 11.8. The number of H-pyrrole nitrogens is 1. The molecule has 11 nitrogen and oxygen atoms in total. The van der Waals surface area contributed by atoms with Gasteiger partial charge in [0.2, 0.25) is 11.7 Å². The number of aromatic nitrogens is 5. The first-order chi connectivity index (χ1) is 16.3. The van der Waals surface area contributed by atoms with Gasteiger partial charge in [-0.15, -0.1) is 0 Å². The van der Waals surface area contributed by atoms with Crippen LogP contribution in [-0.2, 0) is 9.47 Å². The molecule has 2 saturated heterocycles. The summed E-state index contributed by atoms with van der Waals surface area (Å²) in [7, 11) is 0. The van der Waals surface area contributed by atoms with E-state index in [0.29, 0.717) is 62.1 Å². The summed E-state index contributed by atoms with van der Waals surface area (Å²) in [5.41, 5.74) is 1.22. The molecule has 0 aliphatic carbocycles. The minimum atomic E-state index is -0.530. The average molecular weight is 471 g/mol. The molecule has 2 aliphatic rings. The van der Waals surface area contributed by atoms with E-state index in [-0.39, 0.29) is 23.5 Å². The summed E-state index contributed by atoms with van der Waals surface area (Å²) in [5.74, 6) is 1.26. The van der Waals surface area contributed by atoms with Gasteiger partial charge in [0.05, 0.1) is 17.5 Å². The van der Waals surface area contributed by atoms with Crippen LogP contribution in [0.3, 0.4) is 0 Å². The van der Waals surface area contributed by atoms with Crippen molar-refractivity contribution >= 4 is 11.7 Å². The van der Waals surface area contributed by atoms with Gasteiger partial charge in [-0.1, -0.05) is 5.16 Å². The first-order valence-corrected chi connectivity index (χ1v) is 11.8. The molecule has 0 spiro atoms. The van der Waals surface area contributed by atoms with Crippen molar-refractivity contribution in [1.82, 2.24) is 29.6 Å². The molecule has 1 N–H and O–H groups in total. The van der Waals surface area contributed by atoms with Crippen molar-refractivity contribution in [2.45, 2.75) is 63.9 Å². The van der Waals surface area contributed by atoms with Crippen LogP contribution in [0.5, 0.6) is 0 Å². The second kappa shape index (κ2) is 8.86. The fourth-order valence-electron chi connectivity index (χ4n) is 4.61. The number of likely N-dealkylation sites (tertiary alicyclic amines) is 1. The standard InChI is InChI=1S/C23H30N6O5/c1-23(2,3)33-22(31)28-8-4-14(5-9-28)17-12-18(30)25-20-16(13-24-29(17)20)19-26-21(34-27-19)15-6-10-32-11-7-15/h12-15H,4-11H2,1-3H3,(H,25,30). The Morgan fingerprint density at radius 3 is 2.59 bits per heavy atom. The van der Waals surface area contributed by atoms with E-state index < -0.39 is 5.60 Å². The fourth-order valence-corrected chi connectivity index (χ4v) is 4.61. The number of hydrogen-bond donors (Lipinski definition) is 1. The van der Waals surface area contributed by atoms with E-state index in [1.54, 1.807) is 21.7 Å². The van der Waals surface area contributed by atoms with Crippen molar-refractivity contribution in [3.8, 4) is 11.4 Å². The number of fused-ring (bicyclic) bond motifs is 1. The molecule has 1 amide bonds. The number of nitrogens with one attached hydrogen (secondary N) is 1. The molecule has 0 bridgehead atoms. The van der Waals surface area contributed by atoms with Crippen LogP contribution in [0, 0.1) is 0 Å². The number of nitrogens with zero attached hydrogens (tertiary/aromatic N) is 5. The molecule has 0 atom stereocenters. The quantitative estimate of drug-likeness (QED) is 0.618. The molecule has 3 aromatic rings. The normalized spacial score (nSPS) is 18.5. The van der Waals surface area contributed by atoms with E-state index in [0.717, 1.165) is 18.5 Å². The Hall–Kier alpha value is -3.21. The van der Waals surface area contributed by atoms with Gasteiger partial charge in [0.1, 0.15) is 11.2 Å². The van der Waals surface area contributed by atoms with Crippen LogP contribution in [0.2, 0.25) is 0 Å². The molecule has 0 radical (unpaired) electrons. The lowest BCUT2D eigenvalue weighted by Gasteiger charge is -2.33. The van der Waals surface area contributed by atoms with Crippen LogP contribution in [0.1, 0.15) is 69.9 Å². The third kappa shape index (κ3) is 4.56. The molecule has 0 saturated carbocycles. The van der Waals surface area contributed by atoms with Gasteiger partial charge in [0, 0.05) is 44.2 Å². The summed E-state index contributed by atoms with van der Waals surface area (Å²) in [6, 6.07) is 1.58. The summed E-state index contributed by atoms with van der Waals surface area (Å²) in [6.45, 7) is 8.05. The Bertz CT molecular complexity index is 1220. The molecule has 182 valence electrons. The molecule has 2 fully saturated rings. The minimum absolute atomic E-state index is 0.0827. The monoisotopic (exact) mass is 470 g/mol. The molecule has 11 heteroatoms. The van der Waals surface area contributed by atoms with Gasteiger partial charge in [-0.25, -0.2) is 9.31 Å². The number of rotatable bonds is 3. The fraction of sp³-hybridized carbons (Fsp3) is 0.609. The van der Waals surface area contributed by atoms with Gasteiger partial charge >= 0.3 is 6.09 Å². The Morgan fingerprint density at radius 2 is 1.88 bits per heavy atom. The number of amides is 1. The Kier molecular flexibility index (Phi) is 5.88. The molecular weight excluding hydrogens is 440 g/mol. The van der Waals surface area contributed by atoms with Crippen molar-refractivity contribution < 1.29 is 18.8 Å². The van der Waals surface area contributed by atoms with E-state index in [1.165, 1.54) is 0 Å². The van der Waals surface area contributed by atoms with Crippen LogP contribution < -0.4 is 5.56 Å². The Labute approximate surface area is 196 Å². The maximum Gasteiger partial charge on any atom is 0.410 e. The van der Waals surface area contributed by atoms with Gasteiger partial charge in [0.25, 0.3) is 5.56 Å². The predicted octanol–water partition coefficient (Wildman–Crippen LogP) is 3.08. The molecule has 5 rings (SSSR count). The highest BCUT2D eigenvalue weighted by atomic mass is 16.6. The highest BCUT2D eigenvalue weighted by molar-refractivity contribution is 5.72. The lowest BCUT2D eigenvalue weighted by atomic mass is 9.93. The summed E-state index contributed by atoms with van der Waals surface area (Å²) >= 11 is 0. The SMILES string of the molecule is CC(C)(C)OC(=O)N1CCC(c2cc(=O)[nH]c3c(-c4noc(C5CCOCC5)n4)cnn23)CC1. The molecule has 2 aliphatic heterocycles. The summed E-state index contributed by atoms with van der Waals surface area (Å²) < 4.78 is 18.2. The van der Waals surface area contributed by atoms with Crippen molar-refractivity contribution in [2.75, 3.05) is 26.3 Å². The van der Waals surface area contributed by atoms with Gasteiger partial charge < -0.3 is 23.9 Å². The van der Waals surface area contributed by atoms with Crippen LogP contribution >= 0.6 is 0 Å². The van der Waals surface area contributed by atoms with E-state index >= 15 is 0 Å². The predicted molar refractivity (Wildman–Crippen MR) is 122 cm³/mol. The summed E-state index contributed by atoms with van der Waals surface area (Å²) in [4.78, 5) is 34.1. The van der Waals surface area contributed by atoms with E-state index in [4.69, 9.17) is 14.0 Å². The second-order valence-corrected chi connectivity index (χ2v) is 9.96. The molecule has 34 heavy (non-hydrogen) atoms. The number of carbonyl (C=O) groups is 1. The minimum Gasteiger partial charge on any atom is -0.444 e. The zero-order valence-electron chi connectivity index (χ0n) is 19.7. The number of carbonyl (C=O) groups excluding carboxylic acids is 1. The van der Waals surface area contributed by atoms with Gasteiger partial charge in [-0.3, -0.25) is 4.79 Å². The third-order valence-electron chi connectivity index (χ3n) is 6.35. The lowest BCUT2D eigenvalue weighted by molar-refractivity contribution is 0.0203. The first kappa shape index (κ1) is 22.6. The third-order valence-corrected chi connectivity index (χ3v) is 6.35. The van der Waals surface area contributed by atoms with Crippen molar-refractivity contribution in [1.29, 1.82) is 0 Å². The van der Waals surface area contributed by atoms with Gasteiger partial charge in [0.15, 0.2) is 0 Å². The molecule has 0 aromatic carbocycles. The number of ether oxygens (including phenoxy) is 2. The van der Waals surface area contributed by atoms with Crippen molar-refractivity contribution in [2.24, 2.45) is 0 Å². The largest absolute Gasteiger partial charge is 0.444 e. The van der Waals surface area contributed by atoms with Crippen LogP contribution in [-0.4, -0.2) is 67.6 Å². The van der Waals surface area contributed by atoms with Gasteiger partial charge in [-0.05, 0) is 46.5 Å². The van der Waals surface area contributed by atoms with E-state index in [2.05, 4.69) is 20.2 Å². The van der Waals surface area contributed by atoms with Crippen LogP contribution in [0.4, 0.5) is 4.79 Å². The molecule has 3 aromatic heterocycles. The van der Waals surface area contributed by atoms with Gasteiger partial charge in [-0.2, -0.15) is 10.1 Å². The van der Waals surface area contributed by atoms with E-state index in [9.17, 15) is 9.59 Å². The zero-order chi connectivity index (χ0) is 23.9. The van der Waals surface area contributed by atoms with Crippen molar-refractivity contribution in [3.63, 3.8) is 0 Å². The molecular formula is C23H30N6O5. The number of aromatic amines is 1. The molecule has 0 unspecified atom stereocenters. The maximum atomic E-state index is 12.6. The van der Waals surface area contributed by atoms with Crippen molar-refractivity contribution in [3.05, 3.63) is 34.2 Å². The highest BCUT2D eigenvalue weighted by Crippen LogP contribution is 2.31. The zero-order valence-corrected chi connectivity index (χ0v) is 19.7. The Morgan fingerprint density at radius 1 is 1.15 bits per heavy atom. The van der Waals surface area contributed by atoms with Crippen LogP contribution in [0.25, 0.3) is 17.0 Å². The Balaban J connectivity index is 1.37. The second-order valence-electron chi connectivity index (χ2n) is 9.96. The molecule has 5 heterocycles. The number of piperidine rings is 1. The topological polar surface area (TPSA) is 128 Å². The summed E-state index contributed by atoms with van der Waals surface area (Å²) in [5, 5.41) is 8.69. The average Bonchev–Trinajstić information content (AvgIpc) is 3.45. The van der Waals surface area contributed by atoms with E-state index in [1.807, 2.05) is 20.8 Å². The maximum absolute atomic E-state index is 12.6. The lowest BCUT2D eigenvalue weighted by Crippen LogP contribution is -2.41. The summed E-state index contributed by atoms with van der Waals surface area (Å²) in [6.07, 6.45) is 4.47. The number of hydrogen-bond acceptors (Lipinski definition) is 8.